The topological polar surface area (TPSA) is 60.2 Å². The van der Waals surface area contributed by atoms with Crippen LogP contribution in [-0.2, 0) is 6.18 Å². The lowest BCUT2D eigenvalue weighted by Gasteiger charge is -2.07. The number of hydrogen-bond acceptors (Lipinski definition) is 4. The molecule has 0 amide bonds. The summed E-state index contributed by atoms with van der Waals surface area (Å²) in [6, 6.07) is 8.73. The van der Waals surface area contributed by atoms with Crippen molar-refractivity contribution in [1.82, 2.24) is 4.98 Å². The zero-order valence-electron chi connectivity index (χ0n) is 12.8. The number of carbonyl (C=O) groups excluding carboxylic acids is 2. The predicted octanol–water partition coefficient (Wildman–Crippen LogP) is 4.69. The van der Waals surface area contributed by atoms with E-state index in [4.69, 9.17) is 4.42 Å². The molecule has 2 aromatic carbocycles. The normalized spacial score (nSPS) is 11.6. The second-order valence-corrected chi connectivity index (χ2v) is 5.46. The van der Waals surface area contributed by atoms with Gasteiger partial charge in [-0.2, -0.15) is 13.2 Å². The number of halogens is 3. The van der Waals surface area contributed by atoms with Crippen molar-refractivity contribution in [3.8, 4) is 0 Å². The summed E-state index contributed by atoms with van der Waals surface area (Å²) in [5.41, 5.74) is 0.827. The van der Waals surface area contributed by atoms with Crippen LogP contribution in [0.3, 0.4) is 0 Å². The molecule has 0 saturated heterocycles. The highest BCUT2D eigenvalue weighted by Crippen LogP contribution is 2.29. The van der Waals surface area contributed by atoms with E-state index in [9.17, 15) is 22.8 Å². The molecule has 3 rings (SSSR count). The Hall–Kier alpha value is -2.96. The van der Waals surface area contributed by atoms with Crippen LogP contribution in [-0.4, -0.2) is 16.6 Å². The van der Waals surface area contributed by atoms with Gasteiger partial charge in [-0.3, -0.25) is 9.59 Å². The summed E-state index contributed by atoms with van der Waals surface area (Å²) in [7, 11) is 0. The maximum atomic E-state index is 12.5. The predicted molar refractivity (Wildman–Crippen MR) is 83.3 cm³/mol. The zero-order chi connectivity index (χ0) is 18.0. The molecule has 0 unspecified atom stereocenters. The average Bonchev–Trinajstić information content (AvgIpc) is 3.06. The highest BCUT2D eigenvalue weighted by molar-refractivity contribution is 6.03. The Labute approximate surface area is 140 Å². The average molecular weight is 347 g/mol. The number of carbonyl (C=O) groups is 2. The molecule has 3 aromatic rings. The van der Waals surface area contributed by atoms with E-state index in [1.807, 2.05) is 0 Å². The quantitative estimate of drug-likeness (QED) is 0.628. The van der Waals surface area contributed by atoms with E-state index in [0.29, 0.717) is 16.7 Å². The minimum atomic E-state index is -4.45. The van der Waals surface area contributed by atoms with Crippen molar-refractivity contribution in [3.63, 3.8) is 0 Å². The summed E-state index contributed by atoms with van der Waals surface area (Å²) in [6.45, 7) is 0. The molecule has 0 radical (unpaired) electrons. The lowest BCUT2D eigenvalue weighted by molar-refractivity contribution is -0.137. The van der Waals surface area contributed by atoms with Gasteiger partial charge < -0.3 is 4.42 Å². The smallest absolute Gasteiger partial charge is 0.416 e. The van der Waals surface area contributed by atoms with Gasteiger partial charge in [0.25, 0.3) is 0 Å². The van der Waals surface area contributed by atoms with Crippen molar-refractivity contribution in [1.29, 1.82) is 0 Å². The van der Waals surface area contributed by atoms with E-state index in [1.165, 1.54) is 6.39 Å². The monoisotopic (exact) mass is 347 g/mol. The van der Waals surface area contributed by atoms with Gasteiger partial charge >= 0.3 is 6.18 Å². The SMILES string of the molecule is O=C(CCC(=O)c1ccc2ocnc2c1)c1ccc(C(F)(F)F)cc1. The third-order valence-corrected chi connectivity index (χ3v) is 3.77. The summed E-state index contributed by atoms with van der Waals surface area (Å²) in [6.07, 6.45) is -3.30. The number of benzene rings is 2. The van der Waals surface area contributed by atoms with Gasteiger partial charge in [0.2, 0.25) is 0 Å². The molecule has 0 aliphatic carbocycles. The largest absolute Gasteiger partial charge is 0.443 e. The first-order valence-electron chi connectivity index (χ1n) is 7.41. The second kappa shape index (κ2) is 6.51. The van der Waals surface area contributed by atoms with Crippen molar-refractivity contribution in [2.24, 2.45) is 0 Å². The molecule has 4 nitrogen and oxygen atoms in total. The fraction of sp³-hybridized carbons (Fsp3) is 0.167. The van der Waals surface area contributed by atoms with Gasteiger partial charge in [-0.1, -0.05) is 12.1 Å². The number of oxazole rings is 1. The van der Waals surface area contributed by atoms with Crippen LogP contribution in [0.15, 0.2) is 53.3 Å². The Kier molecular flexibility index (Phi) is 4.39. The molecule has 0 aliphatic rings. The third kappa shape index (κ3) is 3.76. The standard InChI is InChI=1S/C18H12F3NO3/c19-18(20,21)13-4-1-11(2-5-13)15(23)6-7-16(24)12-3-8-17-14(9-12)22-10-25-17/h1-5,8-10H,6-7H2. The number of aromatic nitrogens is 1. The van der Waals surface area contributed by atoms with Gasteiger partial charge in [0.05, 0.1) is 5.56 Å². The van der Waals surface area contributed by atoms with Crippen LogP contribution in [0.4, 0.5) is 13.2 Å². The first-order valence-corrected chi connectivity index (χ1v) is 7.41. The molecule has 0 bridgehead atoms. The van der Waals surface area contributed by atoms with E-state index in [1.54, 1.807) is 18.2 Å². The van der Waals surface area contributed by atoms with E-state index in [-0.39, 0.29) is 30.0 Å². The molecule has 0 aliphatic heterocycles. The van der Waals surface area contributed by atoms with Crippen molar-refractivity contribution >= 4 is 22.7 Å². The zero-order valence-corrected chi connectivity index (χ0v) is 12.8. The van der Waals surface area contributed by atoms with Gasteiger partial charge in [0.1, 0.15) is 5.52 Å². The fourth-order valence-electron chi connectivity index (χ4n) is 2.39. The summed E-state index contributed by atoms with van der Waals surface area (Å²) in [5.74, 6) is -0.630. The minimum absolute atomic E-state index is 0.0385. The number of hydrogen-bond donors (Lipinski definition) is 0. The molecule has 1 heterocycles. The van der Waals surface area contributed by atoms with Crippen LogP contribution in [0.1, 0.15) is 39.1 Å². The molecule has 1 aromatic heterocycles. The van der Waals surface area contributed by atoms with Gasteiger partial charge in [0, 0.05) is 24.0 Å². The van der Waals surface area contributed by atoms with Crippen molar-refractivity contribution in [2.45, 2.75) is 19.0 Å². The van der Waals surface area contributed by atoms with Crippen LogP contribution in [0.5, 0.6) is 0 Å². The Morgan fingerprint density at radius 2 is 1.52 bits per heavy atom. The summed E-state index contributed by atoms with van der Waals surface area (Å²) >= 11 is 0. The van der Waals surface area contributed by atoms with E-state index < -0.39 is 11.7 Å². The van der Waals surface area contributed by atoms with Crippen molar-refractivity contribution in [2.75, 3.05) is 0 Å². The van der Waals surface area contributed by atoms with Gasteiger partial charge in [-0.25, -0.2) is 4.98 Å². The fourth-order valence-corrected chi connectivity index (χ4v) is 2.39. The molecule has 0 atom stereocenters. The molecule has 7 heteroatoms. The highest BCUT2D eigenvalue weighted by atomic mass is 19.4. The minimum Gasteiger partial charge on any atom is -0.443 e. The first-order chi connectivity index (χ1) is 11.8. The van der Waals surface area contributed by atoms with E-state index in [0.717, 1.165) is 24.3 Å². The van der Waals surface area contributed by atoms with Crippen LogP contribution in [0.25, 0.3) is 11.1 Å². The maximum Gasteiger partial charge on any atom is 0.416 e. The number of fused-ring (bicyclic) bond motifs is 1. The number of ketones is 2. The van der Waals surface area contributed by atoms with Crippen LogP contribution < -0.4 is 0 Å². The molecule has 0 N–H and O–H groups in total. The molecular weight excluding hydrogens is 335 g/mol. The summed E-state index contributed by atoms with van der Waals surface area (Å²) < 4.78 is 42.6. The molecule has 0 fully saturated rings. The molecular formula is C18H12F3NO3. The van der Waals surface area contributed by atoms with Crippen molar-refractivity contribution < 1.29 is 27.2 Å². The second-order valence-electron chi connectivity index (χ2n) is 5.46. The third-order valence-electron chi connectivity index (χ3n) is 3.77. The van der Waals surface area contributed by atoms with Gasteiger partial charge in [-0.15, -0.1) is 0 Å². The lowest BCUT2D eigenvalue weighted by Crippen LogP contribution is -2.07. The highest BCUT2D eigenvalue weighted by Gasteiger charge is 2.30. The van der Waals surface area contributed by atoms with Gasteiger partial charge in [-0.05, 0) is 30.3 Å². The van der Waals surface area contributed by atoms with E-state index in [2.05, 4.69) is 4.98 Å². The Balaban J connectivity index is 1.64. The Morgan fingerprint density at radius 3 is 2.16 bits per heavy atom. The summed E-state index contributed by atoms with van der Waals surface area (Å²) in [5, 5.41) is 0. The van der Waals surface area contributed by atoms with Crippen LogP contribution >= 0.6 is 0 Å². The molecule has 0 saturated carbocycles. The molecule has 0 spiro atoms. The molecule has 25 heavy (non-hydrogen) atoms. The Bertz CT molecular complexity index is 927. The summed E-state index contributed by atoms with van der Waals surface area (Å²) in [4.78, 5) is 28.2. The van der Waals surface area contributed by atoms with Crippen molar-refractivity contribution in [3.05, 3.63) is 65.5 Å². The lowest BCUT2D eigenvalue weighted by atomic mass is 10.0. The number of alkyl halides is 3. The number of nitrogens with zero attached hydrogens (tertiary/aromatic N) is 1. The Morgan fingerprint density at radius 1 is 0.920 bits per heavy atom. The van der Waals surface area contributed by atoms with Crippen LogP contribution in [0, 0.1) is 0 Å². The first kappa shape index (κ1) is 16.9. The number of rotatable bonds is 5. The van der Waals surface area contributed by atoms with Crippen LogP contribution in [0.2, 0.25) is 0 Å². The van der Waals surface area contributed by atoms with Gasteiger partial charge in [0.15, 0.2) is 23.5 Å². The maximum absolute atomic E-state index is 12.5. The van der Waals surface area contributed by atoms with E-state index >= 15 is 0 Å². The molecule has 128 valence electrons. The number of Topliss-reactive ketones (excluding diaryl/α,β-unsaturated/α-hetero) is 2.